The van der Waals surface area contributed by atoms with Gasteiger partial charge in [-0.25, -0.2) is 15.0 Å². The van der Waals surface area contributed by atoms with Gasteiger partial charge in [0, 0.05) is 96.8 Å². The van der Waals surface area contributed by atoms with E-state index in [4.69, 9.17) is 0 Å². The van der Waals surface area contributed by atoms with Crippen molar-refractivity contribution in [1.82, 2.24) is 60.3 Å². The van der Waals surface area contributed by atoms with Gasteiger partial charge in [0.15, 0.2) is 5.65 Å². The summed E-state index contributed by atoms with van der Waals surface area (Å²) in [6.45, 7) is 32.8. The molecule has 16 rings (SSSR count). The van der Waals surface area contributed by atoms with Crippen molar-refractivity contribution in [2.24, 2.45) is 0 Å². The fourth-order valence-corrected chi connectivity index (χ4v) is 11.0. The quantitative estimate of drug-likeness (QED) is 0.142. The lowest BCUT2D eigenvalue weighted by atomic mass is 10.0. The lowest BCUT2D eigenvalue weighted by molar-refractivity contribution is 0.964. The summed E-state index contributed by atoms with van der Waals surface area (Å²) >= 11 is 0. The summed E-state index contributed by atoms with van der Waals surface area (Å²) in [5.74, 6) is 0. The second-order valence-electron chi connectivity index (χ2n) is 24.4. The van der Waals surface area contributed by atoms with E-state index in [2.05, 4.69) is 243 Å². The van der Waals surface area contributed by atoms with Crippen LogP contribution in [0.3, 0.4) is 0 Å². The van der Waals surface area contributed by atoms with Crippen molar-refractivity contribution < 1.29 is 0 Å². The van der Waals surface area contributed by atoms with E-state index in [1.807, 2.05) is 141 Å². The number of fused-ring (bicyclic) bond motifs is 8. The maximum atomic E-state index is 4.35. The summed E-state index contributed by atoms with van der Waals surface area (Å²) in [5.41, 5.74) is 22.4. The van der Waals surface area contributed by atoms with E-state index in [0.717, 1.165) is 72.8 Å². The van der Waals surface area contributed by atoms with Gasteiger partial charge in [-0.15, -0.1) is 0 Å². The normalized spacial score (nSPS) is 10.5. The maximum Gasteiger partial charge on any atom is 0.159 e. The topological polar surface area (TPSA) is 155 Å². The van der Waals surface area contributed by atoms with Crippen molar-refractivity contribution >= 4 is 86.8 Å². The highest BCUT2D eigenvalue weighted by molar-refractivity contribution is 5.90. The second kappa shape index (κ2) is 32.5. The zero-order chi connectivity index (χ0) is 68.4. The molecule has 0 N–H and O–H groups in total. The van der Waals surface area contributed by atoms with Crippen molar-refractivity contribution in [1.29, 1.82) is 0 Å². The molecule has 0 saturated heterocycles. The Kier molecular flexibility index (Phi) is 23.4. The van der Waals surface area contributed by atoms with Crippen LogP contribution >= 0.6 is 0 Å². The largest absolute Gasteiger partial charge is 0.264 e. The molecule has 9 aromatic heterocycles. The molecule has 0 aliphatic carbocycles. The minimum Gasteiger partial charge on any atom is -0.264 e. The molecule has 96 heavy (non-hydrogen) atoms. The Hall–Kier alpha value is -11.2. The number of hydrogen-bond acceptors (Lipinski definition) is 12. The van der Waals surface area contributed by atoms with Crippen LogP contribution < -0.4 is 0 Å². The van der Waals surface area contributed by atoms with Crippen LogP contribution in [-0.4, -0.2) is 60.3 Å². The van der Waals surface area contributed by atoms with Crippen LogP contribution in [0.15, 0.2) is 219 Å². The number of aryl methyl sites for hydroxylation is 16. The maximum absolute atomic E-state index is 4.35. The van der Waals surface area contributed by atoms with E-state index >= 15 is 0 Å². The zero-order valence-electron chi connectivity index (χ0n) is 58.2. The predicted molar refractivity (Wildman–Crippen MR) is 401 cm³/mol. The molecule has 0 spiro atoms. The number of pyridine rings is 6. The van der Waals surface area contributed by atoms with E-state index in [0.29, 0.717) is 0 Å². The molecule has 12 nitrogen and oxygen atoms in total. The Bertz CT molecular complexity index is 4350. The molecule has 9 heterocycles. The molecule has 0 amide bonds. The van der Waals surface area contributed by atoms with E-state index < -0.39 is 0 Å². The molecule has 7 aromatic carbocycles. The third-order valence-electron chi connectivity index (χ3n) is 16.5. The lowest BCUT2D eigenvalue weighted by Gasteiger charge is -2.03. The van der Waals surface area contributed by atoms with Gasteiger partial charge in [0.1, 0.15) is 0 Å². The molecule has 16 aromatic rings. The van der Waals surface area contributed by atoms with E-state index in [1.54, 1.807) is 6.20 Å². The molecular weight excluding hydrogens is 1180 g/mol. The van der Waals surface area contributed by atoms with Gasteiger partial charge in [-0.05, 0) is 231 Å². The molecule has 0 fully saturated rings. The number of hydrogen-bond donors (Lipinski definition) is 0. The van der Waals surface area contributed by atoms with Crippen LogP contribution in [0.1, 0.15) is 89.9 Å². The minimum absolute atomic E-state index is 0.834. The molecule has 0 unspecified atom stereocenters. The fraction of sp³-hybridized carbons (Fsp3) is 0.190. The molecule has 480 valence electrons. The van der Waals surface area contributed by atoms with Crippen LogP contribution in [0.4, 0.5) is 0 Å². The fourth-order valence-electron chi connectivity index (χ4n) is 11.0. The van der Waals surface area contributed by atoms with Crippen molar-refractivity contribution in [2.75, 3.05) is 0 Å². The van der Waals surface area contributed by atoms with E-state index in [-0.39, 0.29) is 0 Å². The highest BCUT2D eigenvalue weighted by Gasteiger charge is 2.05. The summed E-state index contributed by atoms with van der Waals surface area (Å²) in [7, 11) is 0. The van der Waals surface area contributed by atoms with Crippen molar-refractivity contribution in [3.05, 3.63) is 309 Å². The number of rotatable bonds is 0. The average Bonchev–Trinajstić information content (AvgIpc) is 0.877. The first-order valence-electron chi connectivity index (χ1n) is 32.2. The van der Waals surface area contributed by atoms with Gasteiger partial charge in [0.25, 0.3) is 0 Å². The molecule has 12 heteroatoms. The van der Waals surface area contributed by atoms with Gasteiger partial charge in [0.2, 0.25) is 0 Å². The molecule has 0 atom stereocenters. The van der Waals surface area contributed by atoms with Gasteiger partial charge in [-0.2, -0.15) is 20.4 Å². The number of nitrogens with zero attached hydrogens (tertiary/aromatic N) is 12. The van der Waals surface area contributed by atoms with E-state index in [1.165, 1.54) is 104 Å². The SMILES string of the molecule is Cc1cc2ccc(C)nc2cn1.Cc1ccc(C)c2ccccc12.Cc1ccc(C)c2cnccc12.Cc1ccc(C)c2cnncc12.Cc1ccc2nc(C)cnc2c1.Cc1cnc(C)c2ccccc12.Cc1cnc2nc(C)ccc2c1.Cc1nnc(C)c2ccccc12. The van der Waals surface area contributed by atoms with Crippen LogP contribution in [0.5, 0.6) is 0 Å². The summed E-state index contributed by atoms with van der Waals surface area (Å²) in [4.78, 5) is 34.1. The van der Waals surface area contributed by atoms with Crippen molar-refractivity contribution in [3.8, 4) is 0 Å². The Balaban J connectivity index is 0.000000129. The summed E-state index contributed by atoms with van der Waals surface area (Å²) in [6.07, 6.45) is 14.8. The lowest BCUT2D eigenvalue weighted by Crippen LogP contribution is -1.91. The van der Waals surface area contributed by atoms with Crippen LogP contribution in [-0.2, 0) is 0 Å². The summed E-state index contributed by atoms with van der Waals surface area (Å²) < 4.78 is 0. The van der Waals surface area contributed by atoms with Crippen LogP contribution in [0.25, 0.3) is 86.8 Å². The van der Waals surface area contributed by atoms with Gasteiger partial charge >= 0.3 is 0 Å². The van der Waals surface area contributed by atoms with Gasteiger partial charge in [0.05, 0.1) is 52.2 Å². The van der Waals surface area contributed by atoms with Crippen LogP contribution in [0, 0.1) is 111 Å². The van der Waals surface area contributed by atoms with Crippen LogP contribution in [0.2, 0.25) is 0 Å². The van der Waals surface area contributed by atoms with Crippen molar-refractivity contribution in [3.63, 3.8) is 0 Å². The summed E-state index contributed by atoms with van der Waals surface area (Å²) in [5, 5.41) is 30.8. The average molecular weight is 1260 g/mol. The molecule has 0 aliphatic heterocycles. The molecule has 0 aliphatic rings. The first kappa shape index (κ1) is 69.1. The molecule has 0 bridgehead atoms. The monoisotopic (exact) mass is 1260 g/mol. The van der Waals surface area contributed by atoms with Crippen molar-refractivity contribution in [2.45, 2.75) is 111 Å². The second-order valence-corrected chi connectivity index (χ2v) is 24.4. The van der Waals surface area contributed by atoms with Gasteiger partial charge in [-0.3, -0.25) is 24.9 Å². The van der Waals surface area contributed by atoms with E-state index in [9.17, 15) is 0 Å². The third-order valence-corrected chi connectivity index (χ3v) is 16.5. The minimum atomic E-state index is 0.834. The van der Waals surface area contributed by atoms with Gasteiger partial charge < -0.3 is 0 Å². The first-order chi connectivity index (χ1) is 46.2. The molecule has 0 radical (unpaired) electrons. The Morgan fingerprint density at radius 1 is 0.240 bits per heavy atom. The highest BCUT2D eigenvalue weighted by Crippen LogP contribution is 2.25. The highest BCUT2D eigenvalue weighted by atomic mass is 15.1. The molecular formula is C84H84N12. The smallest absolute Gasteiger partial charge is 0.159 e. The zero-order valence-corrected chi connectivity index (χ0v) is 58.2. The standard InChI is InChI=1S/C12H12.2C11H11N.5C10H10N2/c1-9-7-8-10(2)12-6-4-3-5-11(9)12;1-8-3-4-9(2)11-7-12-6-5-10(8)11;1-8-7-12-9(2)11-6-4-3-5-10(8)11;1-7-5-9-4-3-8(2)12-10(9)11-6-7;1-7-3-4-9-5-8(2)11-6-10(9)12-7;1-7-3-4-8(2)10-6-12-11-5-9(7)10;1-7-3-4-9-10(5-7)11-6-8(2)12-9;1-7-9-5-3-4-6-10(9)8(2)12-11-7/h3-8H,1-2H3;2*3-7H,1-2H3;5*3-6H,1-2H3. The Morgan fingerprint density at radius 2 is 0.708 bits per heavy atom. The van der Waals surface area contributed by atoms with Gasteiger partial charge in [-0.1, -0.05) is 121 Å². The third kappa shape index (κ3) is 18.1. The predicted octanol–water partition coefficient (Wildman–Crippen LogP) is 20.4. The number of aromatic nitrogens is 12. The Labute approximate surface area is 564 Å². The first-order valence-corrected chi connectivity index (χ1v) is 32.2. The summed E-state index contributed by atoms with van der Waals surface area (Å²) in [6, 6.07) is 58.4. The Morgan fingerprint density at radius 3 is 1.25 bits per heavy atom. The number of benzene rings is 7. The molecule has 0 saturated carbocycles.